The summed E-state index contributed by atoms with van der Waals surface area (Å²) in [7, 11) is 0. The predicted molar refractivity (Wildman–Crippen MR) is 102 cm³/mol. The molecule has 1 aromatic heterocycles. The number of carbonyl (C=O) groups is 1. The highest BCUT2D eigenvalue weighted by atomic mass is 16.1. The van der Waals surface area contributed by atoms with E-state index < -0.39 is 0 Å². The van der Waals surface area contributed by atoms with Crippen molar-refractivity contribution in [2.45, 2.75) is 20.3 Å². The highest BCUT2D eigenvalue weighted by Crippen LogP contribution is 2.29. The van der Waals surface area contributed by atoms with E-state index in [1.807, 2.05) is 62.4 Å². The van der Waals surface area contributed by atoms with E-state index in [1.54, 1.807) is 11.2 Å². The molecule has 0 fully saturated rings. The van der Waals surface area contributed by atoms with Gasteiger partial charge in [0.05, 0.1) is 22.5 Å². The summed E-state index contributed by atoms with van der Waals surface area (Å²) >= 11 is 0. The van der Waals surface area contributed by atoms with Gasteiger partial charge >= 0.3 is 0 Å². The summed E-state index contributed by atoms with van der Waals surface area (Å²) in [6.45, 7) is 4.71. The molecule has 0 aliphatic rings. The van der Waals surface area contributed by atoms with Crippen molar-refractivity contribution < 1.29 is 4.79 Å². The topological polar surface area (TPSA) is 71.2 Å². The van der Waals surface area contributed by atoms with Crippen LogP contribution < -0.4 is 16.2 Å². The van der Waals surface area contributed by atoms with Crippen molar-refractivity contribution in [3.05, 3.63) is 65.9 Å². The molecule has 0 radical (unpaired) electrons. The number of nitrogens with zero attached hydrogens (tertiary/aromatic N) is 2. The molecule has 0 saturated heterocycles. The van der Waals surface area contributed by atoms with E-state index in [1.165, 1.54) is 5.56 Å². The zero-order valence-electron chi connectivity index (χ0n) is 14.5. The minimum atomic E-state index is -0.107. The first-order chi connectivity index (χ1) is 12.1. The SMILES string of the molecule is CCCNC(=O)c1cnc2c(N(N)c3ccc(C)cc3)cccc2c1. The Bertz CT molecular complexity index is 890. The standard InChI is InChI=1S/C20H22N4O/c1-3-11-22-20(25)16-12-15-5-4-6-18(19(15)23-13-16)24(21)17-9-7-14(2)8-10-17/h4-10,12-13H,3,11,21H2,1-2H3,(H,22,25). The van der Waals surface area contributed by atoms with Gasteiger partial charge in [-0.1, -0.05) is 36.8 Å². The van der Waals surface area contributed by atoms with Gasteiger partial charge in [-0.3, -0.25) is 14.8 Å². The number of hydrogen-bond acceptors (Lipinski definition) is 4. The summed E-state index contributed by atoms with van der Waals surface area (Å²) < 4.78 is 0. The lowest BCUT2D eigenvalue weighted by molar-refractivity contribution is 0.0953. The number of nitrogens with two attached hydrogens (primary N) is 1. The Hall–Kier alpha value is -2.92. The van der Waals surface area contributed by atoms with Crippen LogP contribution in [-0.2, 0) is 0 Å². The molecule has 5 nitrogen and oxygen atoms in total. The van der Waals surface area contributed by atoms with Crippen molar-refractivity contribution in [2.24, 2.45) is 5.84 Å². The Kier molecular flexibility index (Phi) is 4.95. The molecule has 25 heavy (non-hydrogen) atoms. The second kappa shape index (κ2) is 7.32. The van der Waals surface area contributed by atoms with Crippen molar-refractivity contribution in [3.63, 3.8) is 0 Å². The number of para-hydroxylation sites is 1. The number of nitrogens with one attached hydrogen (secondary N) is 1. The summed E-state index contributed by atoms with van der Waals surface area (Å²) in [6.07, 6.45) is 2.50. The molecule has 3 N–H and O–H groups in total. The smallest absolute Gasteiger partial charge is 0.252 e. The highest BCUT2D eigenvalue weighted by Gasteiger charge is 2.12. The third kappa shape index (κ3) is 3.61. The van der Waals surface area contributed by atoms with E-state index in [-0.39, 0.29) is 5.91 Å². The van der Waals surface area contributed by atoms with E-state index in [2.05, 4.69) is 10.3 Å². The van der Waals surface area contributed by atoms with Gasteiger partial charge in [-0.05, 0) is 37.6 Å². The minimum absolute atomic E-state index is 0.107. The Labute approximate surface area is 147 Å². The zero-order chi connectivity index (χ0) is 17.8. The molecular formula is C20H22N4O. The zero-order valence-corrected chi connectivity index (χ0v) is 14.5. The largest absolute Gasteiger partial charge is 0.352 e. The number of carbonyl (C=O) groups excluding carboxylic acids is 1. The lowest BCUT2D eigenvalue weighted by atomic mass is 10.1. The molecule has 1 heterocycles. The lowest BCUT2D eigenvalue weighted by Crippen LogP contribution is -2.25. The predicted octanol–water partition coefficient (Wildman–Crippen LogP) is 3.69. The van der Waals surface area contributed by atoms with Gasteiger partial charge in [0.1, 0.15) is 0 Å². The maximum absolute atomic E-state index is 12.1. The van der Waals surface area contributed by atoms with Gasteiger partial charge < -0.3 is 5.32 Å². The molecule has 5 heteroatoms. The summed E-state index contributed by atoms with van der Waals surface area (Å²) in [6, 6.07) is 15.6. The van der Waals surface area contributed by atoms with E-state index in [9.17, 15) is 4.79 Å². The fourth-order valence-electron chi connectivity index (χ4n) is 2.65. The van der Waals surface area contributed by atoms with Crippen molar-refractivity contribution in [1.82, 2.24) is 10.3 Å². The number of hydrogen-bond donors (Lipinski definition) is 2. The molecule has 2 aromatic carbocycles. The van der Waals surface area contributed by atoms with Gasteiger partial charge in [-0.2, -0.15) is 0 Å². The summed E-state index contributed by atoms with van der Waals surface area (Å²) in [4.78, 5) is 16.6. The molecule has 1 amide bonds. The van der Waals surface area contributed by atoms with Crippen molar-refractivity contribution >= 4 is 28.2 Å². The van der Waals surface area contributed by atoms with Gasteiger partial charge in [-0.15, -0.1) is 0 Å². The molecule has 0 spiro atoms. The number of hydrazine groups is 1. The first-order valence-electron chi connectivity index (χ1n) is 8.38. The van der Waals surface area contributed by atoms with Crippen LogP contribution in [0.3, 0.4) is 0 Å². The number of aromatic nitrogens is 1. The summed E-state index contributed by atoms with van der Waals surface area (Å²) in [5.41, 5.74) is 4.16. The number of aryl methyl sites for hydroxylation is 1. The van der Waals surface area contributed by atoms with Crippen LogP contribution in [0.15, 0.2) is 54.7 Å². The number of pyridine rings is 1. The van der Waals surface area contributed by atoms with Gasteiger partial charge in [0.2, 0.25) is 0 Å². The molecule has 0 unspecified atom stereocenters. The molecule has 128 valence electrons. The fraction of sp³-hybridized carbons (Fsp3) is 0.200. The second-order valence-electron chi connectivity index (χ2n) is 6.03. The Morgan fingerprint density at radius 3 is 2.68 bits per heavy atom. The van der Waals surface area contributed by atoms with Crippen LogP contribution in [0.1, 0.15) is 29.3 Å². The molecular weight excluding hydrogens is 312 g/mol. The van der Waals surface area contributed by atoms with Gasteiger partial charge in [0, 0.05) is 18.1 Å². The molecule has 0 saturated carbocycles. The van der Waals surface area contributed by atoms with Gasteiger partial charge in [0.25, 0.3) is 5.91 Å². The quantitative estimate of drug-likeness (QED) is 0.551. The Balaban J connectivity index is 1.97. The average Bonchev–Trinajstić information content (AvgIpc) is 2.65. The van der Waals surface area contributed by atoms with Crippen LogP contribution in [-0.4, -0.2) is 17.4 Å². The average molecular weight is 334 g/mol. The van der Waals surface area contributed by atoms with Crippen LogP contribution in [0, 0.1) is 6.92 Å². The minimum Gasteiger partial charge on any atom is -0.352 e. The molecule has 0 aliphatic carbocycles. The number of benzene rings is 2. The maximum atomic E-state index is 12.1. The fourth-order valence-corrected chi connectivity index (χ4v) is 2.65. The second-order valence-corrected chi connectivity index (χ2v) is 6.03. The Morgan fingerprint density at radius 1 is 1.20 bits per heavy atom. The van der Waals surface area contributed by atoms with Crippen LogP contribution in [0.25, 0.3) is 10.9 Å². The molecule has 0 atom stereocenters. The van der Waals surface area contributed by atoms with E-state index in [0.29, 0.717) is 12.1 Å². The van der Waals surface area contributed by atoms with Crippen LogP contribution in [0.4, 0.5) is 11.4 Å². The van der Waals surface area contributed by atoms with E-state index in [4.69, 9.17) is 5.84 Å². The molecule has 0 aliphatic heterocycles. The highest BCUT2D eigenvalue weighted by molar-refractivity contribution is 6.00. The van der Waals surface area contributed by atoms with Crippen LogP contribution in [0.5, 0.6) is 0 Å². The van der Waals surface area contributed by atoms with E-state index >= 15 is 0 Å². The molecule has 0 bridgehead atoms. The van der Waals surface area contributed by atoms with Crippen molar-refractivity contribution in [3.8, 4) is 0 Å². The molecule has 3 aromatic rings. The normalized spacial score (nSPS) is 10.7. The number of amides is 1. The third-order valence-corrected chi connectivity index (χ3v) is 4.06. The number of rotatable bonds is 5. The van der Waals surface area contributed by atoms with Gasteiger partial charge in [-0.25, -0.2) is 5.84 Å². The third-order valence-electron chi connectivity index (χ3n) is 4.06. The van der Waals surface area contributed by atoms with Crippen LogP contribution >= 0.6 is 0 Å². The molecule has 3 rings (SSSR count). The summed E-state index contributed by atoms with van der Waals surface area (Å²) in [5, 5.41) is 5.36. The van der Waals surface area contributed by atoms with Crippen molar-refractivity contribution in [2.75, 3.05) is 11.6 Å². The first kappa shape index (κ1) is 16.9. The Morgan fingerprint density at radius 2 is 1.96 bits per heavy atom. The monoisotopic (exact) mass is 334 g/mol. The van der Waals surface area contributed by atoms with Crippen LogP contribution in [0.2, 0.25) is 0 Å². The van der Waals surface area contributed by atoms with Crippen molar-refractivity contribution in [1.29, 1.82) is 0 Å². The van der Waals surface area contributed by atoms with Gasteiger partial charge in [0.15, 0.2) is 0 Å². The number of fused-ring (bicyclic) bond motifs is 1. The summed E-state index contributed by atoms with van der Waals surface area (Å²) in [5.74, 6) is 6.20. The van der Waals surface area contributed by atoms with E-state index in [0.717, 1.165) is 28.7 Å². The lowest BCUT2D eigenvalue weighted by Gasteiger charge is -2.20. The number of anilines is 2. The maximum Gasteiger partial charge on any atom is 0.252 e. The first-order valence-corrected chi connectivity index (χ1v) is 8.38.